The van der Waals surface area contributed by atoms with Crippen LogP contribution in [-0.2, 0) is 9.05 Å². The van der Waals surface area contributed by atoms with Crippen molar-refractivity contribution in [3.63, 3.8) is 0 Å². The fourth-order valence-electron chi connectivity index (χ4n) is 0.997. The maximum absolute atomic E-state index is 10.9. The van der Waals surface area contributed by atoms with Crippen molar-refractivity contribution >= 4 is 31.4 Å². The highest BCUT2D eigenvalue weighted by Crippen LogP contribution is 2.24. The van der Waals surface area contributed by atoms with Crippen molar-refractivity contribution in [2.24, 2.45) is 0 Å². The van der Waals surface area contributed by atoms with Crippen molar-refractivity contribution in [1.82, 2.24) is 0 Å². The molecule has 0 aliphatic rings. The Balaban J connectivity index is 3.52. The number of nitro groups is 1. The van der Waals surface area contributed by atoms with Gasteiger partial charge in [-0.2, -0.15) is 0 Å². The smallest absolute Gasteiger partial charge is 0.342 e. The van der Waals surface area contributed by atoms with Gasteiger partial charge in [0.05, 0.1) is 9.82 Å². The van der Waals surface area contributed by atoms with Crippen LogP contribution in [0.15, 0.2) is 23.1 Å². The monoisotopic (exact) mass is 265 g/mol. The van der Waals surface area contributed by atoms with Gasteiger partial charge in [0, 0.05) is 16.7 Å². The molecule has 0 heterocycles. The number of nitro benzene ring substituents is 1. The molecule has 0 aliphatic carbocycles. The van der Waals surface area contributed by atoms with E-state index in [1.54, 1.807) is 0 Å². The van der Waals surface area contributed by atoms with Gasteiger partial charge >= 0.3 is 5.97 Å². The summed E-state index contributed by atoms with van der Waals surface area (Å²) >= 11 is 0. The average molecular weight is 266 g/mol. The average Bonchev–Trinajstić information content (AvgIpc) is 2.15. The van der Waals surface area contributed by atoms with Gasteiger partial charge < -0.3 is 5.11 Å². The number of benzene rings is 1. The predicted octanol–water partition coefficient (Wildman–Crippen LogP) is 1.22. The minimum atomic E-state index is -4.12. The van der Waals surface area contributed by atoms with Gasteiger partial charge in [0.2, 0.25) is 0 Å². The van der Waals surface area contributed by atoms with Gasteiger partial charge in [0.25, 0.3) is 14.7 Å². The van der Waals surface area contributed by atoms with E-state index in [0.717, 1.165) is 12.1 Å². The van der Waals surface area contributed by atoms with E-state index < -0.39 is 36.1 Å². The van der Waals surface area contributed by atoms with E-state index >= 15 is 0 Å². The van der Waals surface area contributed by atoms with E-state index in [1.807, 2.05) is 0 Å². The molecule has 0 atom stereocenters. The lowest BCUT2D eigenvalue weighted by molar-refractivity contribution is -0.385. The van der Waals surface area contributed by atoms with Gasteiger partial charge in [0.1, 0.15) is 5.56 Å². The van der Waals surface area contributed by atoms with E-state index in [0.29, 0.717) is 6.07 Å². The van der Waals surface area contributed by atoms with Crippen LogP contribution in [0, 0.1) is 10.1 Å². The molecule has 0 aliphatic heterocycles. The summed E-state index contributed by atoms with van der Waals surface area (Å²) in [7, 11) is 0.862. The first kappa shape index (κ1) is 12.4. The van der Waals surface area contributed by atoms with Crippen LogP contribution in [0.3, 0.4) is 0 Å². The maximum atomic E-state index is 10.9. The molecule has 9 heteroatoms. The number of rotatable bonds is 3. The molecule has 0 unspecified atom stereocenters. The highest BCUT2D eigenvalue weighted by atomic mass is 35.7. The van der Waals surface area contributed by atoms with Crippen molar-refractivity contribution < 1.29 is 23.2 Å². The van der Waals surface area contributed by atoms with Crippen molar-refractivity contribution in [3.8, 4) is 0 Å². The molecular formula is C7H4ClNO6S. The number of hydrogen-bond donors (Lipinski definition) is 1. The molecule has 0 fully saturated rings. The quantitative estimate of drug-likeness (QED) is 0.499. The van der Waals surface area contributed by atoms with E-state index in [4.69, 9.17) is 15.8 Å². The summed E-state index contributed by atoms with van der Waals surface area (Å²) in [6.07, 6.45) is 0. The Morgan fingerprint density at radius 1 is 1.44 bits per heavy atom. The summed E-state index contributed by atoms with van der Waals surface area (Å²) in [5, 5.41) is 19.1. The van der Waals surface area contributed by atoms with E-state index in [2.05, 4.69) is 0 Å². The second-order valence-electron chi connectivity index (χ2n) is 2.68. The molecular weight excluding hydrogens is 262 g/mol. The Labute approximate surface area is 93.8 Å². The molecule has 0 amide bonds. The van der Waals surface area contributed by atoms with Gasteiger partial charge in [-0.1, -0.05) is 0 Å². The van der Waals surface area contributed by atoms with Crippen LogP contribution in [0.4, 0.5) is 5.69 Å². The zero-order valence-corrected chi connectivity index (χ0v) is 9.03. The van der Waals surface area contributed by atoms with E-state index in [1.165, 1.54) is 0 Å². The lowest BCUT2D eigenvalue weighted by Gasteiger charge is -2.00. The fourth-order valence-corrected chi connectivity index (χ4v) is 1.77. The molecule has 0 spiro atoms. The Morgan fingerprint density at radius 2 is 2.00 bits per heavy atom. The third-order valence-corrected chi connectivity index (χ3v) is 3.03. The van der Waals surface area contributed by atoms with Crippen molar-refractivity contribution in [2.75, 3.05) is 0 Å². The second kappa shape index (κ2) is 4.06. The summed E-state index contributed by atoms with van der Waals surface area (Å²) in [4.78, 5) is 19.7. The van der Waals surface area contributed by atoms with Crippen molar-refractivity contribution in [3.05, 3.63) is 33.9 Å². The van der Waals surface area contributed by atoms with Crippen LogP contribution >= 0.6 is 10.7 Å². The molecule has 1 rings (SSSR count). The molecule has 7 nitrogen and oxygen atoms in total. The number of hydrogen-bond acceptors (Lipinski definition) is 5. The highest BCUT2D eigenvalue weighted by Gasteiger charge is 2.23. The first-order valence-corrected chi connectivity index (χ1v) is 6.01. The molecule has 16 heavy (non-hydrogen) atoms. The van der Waals surface area contributed by atoms with Crippen molar-refractivity contribution in [2.45, 2.75) is 4.90 Å². The second-order valence-corrected chi connectivity index (χ2v) is 5.25. The summed E-state index contributed by atoms with van der Waals surface area (Å²) < 4.78 is 21.8. The number of carboxylic acids is 1. The van der Waals surface area contributed by atoms with Crippen LogP contribution in [0.2, 0.25) is 0 Å². The molecule has 0 radical (unpaired) electrons. The molecule has 1 N–H and O–H groups in total. The minimum Gasteiger partial charge on any atom is -0.477 e. The lowest BCUT2D eigenvalue weighted by Crippen LogP contribution is -2.04. The Bertz CT molecular complexity index is 566. The molecule has 0 bridgehead atoms. The predicted molar refractivity (Wildman–Crippen MR) is 53.1 cm³/mol. The Kier molecular flexibility index (Phi) is 3.15. The lowest BCUT2D eigenvalue weighted by atomic mass is 10.2. The fraction of sp³-hybridized carbons (Fsp3) is 0. The Hall–Kier alpha value is -1.67. The summed E-state index contributed by atoms with van der Waals surface area (Å²) in [6.45, 7) is 0. The topological polar surface area (TPSA) is 115 Å². The summed E-state index contributed by atoms with van der Waals surface area (Å²) in [5.74, 6) is -1.60. The SMILES string of the molecule is O=C(O)c1cc(S(=O)(=O)Cl)ccc1[N+](=O)[O-]. The third kappa shape index (κ3) is 2.47. The highest BCUT2D eigenvalue weighted by molar-refractivity contribution is 8.13. The molecule has 1 aromatic carbocycles. The largest absolute Gasteiger partial charge is 0.477 e. The van der Waals surface area contributed by atoms with Crippen LogP contribution in [-0.4, -0.2) is 24.4 Å². The van der Waals surface area contributed by atoms with Gasteiger partial charge in [-0.3, -0.25) is 10.1 Å². The summed E-state index contributed by atoms with van der Waals surface area (Å²) in [5.41, 5.74) is -1.43. The van der Waals surface area contributed by atoms with Gasteiger partial charge in [-0.25, -0.2) is 13.2 Å². The van der Waals surface area contributed by atoms with Crippen LogP contribution in [0.25, 0.3) is 0 Å². The van der Waals surface area contributed by atoms with Gasteiger partial charge in [-0.05, 0) is 12.1 Å². The standard InChI is InChI=1S/C7H4ClNO6S/c8-16(14,15)4-1-2-6(9(12)13)5(3-4)7(10)11/h1-3H,(H,10,11). The maximum Gasteiger partial charge on any atom is 0.342 e. The third-order valence-electron chi connectivity index (χ3n) is 1.68. The first-order valence-electron chi connectivity index (χ1n) is 3.70. The van der Waals surface area contributed by atoms with Crippen LogP contribution in [0.1, 0.15) is 10.4 Å². The number of halogens is 1. The zero-order valence-electron chi connectivity index (χ0n) is 7.45. The number of carbonyl (C=O) groups is 1. The minimum absolute atomic E-state index is 0.503. The zero-order chi connectivity index (χ0) is 12.5. The molecule has 86 valence electrons. The first-order chi connectivity index (χ1) is 7.23. The molecule has 1 aromatic rings. The van der Waals surface area contributed by atoms with Crippen LogP contribution in [0.5, 0.6) is 0 Å². The van der Waals surface area contributed by atoms with E-state index in [-0.39, 0.29) is 0 Å². The molecule has 0 saturated heterocycles. The number of carboxylic acid groups (broad SMARTS) is 1. The molecule has 0 aromatic heterocycles. The van der Waals surface area contributed by atoms with Gasteiger partial charge in [-0.15, -0.1) is 0 Å². The number of aromatic carboxylic acids is 1. The van der Waals surface area contributed by atoms with Crippen molar-refractivity contribution in [1.29, 1.82) is 0 Å². The van der Waals surface area contributed by atoms with Gasteiger partial charge in [0.15, 0.2) is 0 Å². The van der Waals surface area contributed by atoms with E-state index in [9.17, 15) is 23.3 Å². The normalized spacial score (nSPS) is 11.1. The molecule has 0 saturated carbocycles. The number of nitrogens with zero attached hydrogens (tertiary/aromatic N) is 1. The Morgan fingerprint density at radius 3 is 2.38 bits per heavy atom. The summed E-state index contributed by atoms with van der Waals surface area (Å²) in [6, 6.07) is 2.29. The van der Waals surface area contributed by atoms with Crippen LogP contribution < -0.4 is 0 Å².